The molecule has 8 heteroatoms. The molecule has 0 bridgehead atoms. The predicted molar refractivity (Wildman–Crippen MR) is 162 cm³/mol. The van der Waals surface area contributed by atoms with Gasteiger partial charge in [-0.15, -0.1) is 0 Å². The maximum absolute atomic E-state index is 15.2. The number of rotatable bonds is 11. The fourth-order valence-electron chi connectivity index (χ4n) is 5.11. The topological polar surface area (TPSA) is 9.23 Å². The highest BCUT2D eigenvalue weighted by atomic mass is 19.3. The van der Waals surface area contributed by atoms with Crippen LogP contribution >= 0.6 is 0 Å². The van der Waals surface area contributed by atoms with Crippen molar-refractivity contribution in [1.29, 1.82) is 0 Å². The molecular weight excluding hydrogens is 593 g/mol. The molecule has 0 radical (unpaired) electrons. The molecule has 0 spiro atoms. The number of hydrogen-bond donors (Lipinski definition) is 0. The average Bonchev–Trinajstić information content (AvgIpc) is 3.01. The Morgan fingerprint density at radius 3 is 1.73 bits per heavy atom. The molecule has 0 atom stereocenters. The summed E-state index contributed by atoms with van der Waals surface area (Å²) in [5, 5.41) is 0. The molecule has 5 aromatic carbocycles. The second-order valence-corrected chi connectivity index (χ2v) is 10.7. The van der Waals surface area contributed by atoms with Crippen LogP contribution in [-0.4, -0.2) is 0 Å². The first kappa shape index (κ1) is 31.8. The molecule has 0 unspecified atom stereocenters. The Hall–Kier alpha value is -4.59. The molecule has 0 saturated heterocycles. The molecule has 0 fully saturated rings. The van der Waals surface area contributed by atoms with Crippen molar-refractivity contribution < 1.29 is 35.5 Å². The predicted octanol–water partition coefficient (Wildman–Crippen LogP) is 11.6. The second-order valence-electron chi connectivity index (χ2n) is 10.7. The van der Waals surface area contributed by atoms with Crippen molar-refractivity contribution in [3.63, 3.8) is 0 Å². The Kier molecular flexibility index (Phi) is 9.61. The van der Waals surface area contributed by atoms with Crippen LogP contribution in [-0.2, 0) is 19.2 Å². The van der Waals surface area contributed by atoms with Gasteiger partial charge in [0.1, 0.15) is 35.7 Å². The van der Waals surface area contributed by atoms with Gasteiger partial charge in [0.2, 0.25) is 0 Å². The normalized spacial score (nSPS) is 11.6. The molecule has 0 aliphatic carbocycles. The van der Waals surface area contributed by atoms with E-state index in [4.69, 9.17) is 0 Å². The SMILES string of the molecule is CCCCCc1ccc(-c2ccc(-c3ccc(-c4ccc(C(F)(F)Oc5ccc(CF)c(F)c5)c(F)c4)c(F)c3)c(F)c2)cc1. The van der Waals surface area contributed by atoms with Crippen LogP contribution < -0.4 is 4.74 Å². The molecule has 0 heterocycles. The lowest BCUT2D eigenvalue weighted by molar-refractivity contribution is -0.187. The van der Waals surface area contributed by atoms with Gasteiger partial charge in [0.25, 0.3) is 0 Å². The Morgan fingerprint density at radius 1 is 0.578 bits per heavy atom. The molecule has 0 amide bonds. The summed E-state index contributed by atoms with van der Waals surface area (Å²) in [5.74, 6) is -4.47. The van der Waals surface area contributed by atoms with Crippen LogP contribution in [0.15, 0.2) is 97.1 Å². The van der Waals surface area contributed by atoms with Gasteiger partial charge in [0, 0.05) is 22.8 Å². The van der Waals surface area contributed by atoms with E-state index < -0.39 is 47.4 Å². The molecule has 0 aliphatic heterocycles. The minimum atomic E-state index is -4.21. The third-order valence-electron chi connectivity index (χ3n) is 7.61. The van der Waals surface area contributed by atoms with Gasteiger partial charge in [0.05, 0.1) is 5.56 Å². The Morgan fingerprint density at radius 2 is 1.16 bits per heavy atom. The smallest absolute Gasteiger partial charge is 0.429 e. The summed E-state index contributed by atoms with van der Waals surface area (Å²) in [6, 6.07) is 21.5. The number of unbranched alkanes of at least 4 members (excludes halogenated alkanes) is 2. The van der Waals surface area contributed by atoms with Crippen molar-refractivity contribution in [2.24, 2.45) is 0 Å². The van der Waals surface area contributed by atoms with E-state index in [0.717, 1.165) is 61.2 Å². The second kappa shape index (κ2) is 13.6. The van der Waals surface area contributed by atoms with Gasteiger partial charge in [-0.2, -0.15) is 8.78 Å². The Bertz CT molecular complexity index is 1800. The summed E-state index contributed by atoms with van der Waals surface area (Å²) in [6.45, 7) is 1.02. The van der Waals surface area contributed by atoms with Crippen molar-refractivity contribution in [1.82, 2.24) is 0 Å². The van der Waals surface area contributed by atoms with Crippen molar-refractivity contribution in [3.8, 4) is 39.1 Å². The first-order valence-electron chi connectivity index (χ1n) is 14.5. The van der Waals surface area contributed by atoms with Gasteiger partial charge < -0.3 is 4.74 Å². The summed E-state index contributed by atoms with van der Waals surface area (Å²) in [4.78, 5) is 0. The highest BCUT2D eigenvalue weighted by Crippen LogP contribution is 2.37. The average molecular weight is 623 g/mol. The standard InChI is InChI=1S/C37H29F7O/c1-2-3-4-5-23-6-8-24(9-7-23)25-11-15-30(34(40)18-25)26-12-16-31(35(41)19-26)27-13-17-32(36(42)20-27)37(43,44)45-29-14-10-28(22-38)33(39)21-29/h6-21H,2-5,22H2,1H3. The maximum Gasteiger partial charge on any atom is 0.429 e. The largest absolute Gasteiger partial charge is 0.429 e. The van der Waals surface area contributed by atoms with E-state index in [9.17, 15) is 22.0 Å². The Balaban J connectivity index is 1.33. The highest BCUT2D eigenvalue weighted by Gasteiger charge is 2.38. The quantitative estimate of drug-likeness (QED) is 0.105. The van der Waals surface area contributed by atoms with Crippen molar-refractivity contribution in [2.75, 3.05) is 0 Å². The van der Waals surface area contributed by atoms with E-state index in [1.54, 1.807) is 12.1 Å². The summed E-state index contributed by atoms with van der Waals surface area (Å²) >= 11 is 0. The first-order chi connectivity index (χ1) is 21.6. The molecule has 45 heavy (non-hydrogen) atoms. The van der Waals surface area contributed by atoms with E-state index in [1.165, 1.54) is 30.2 Å². The minimum Gasteiger partial charge on any atom is -0.429 e. The van der Waals surface area contributed by atoms with Crippen LogP contribution in [0.3, 0.4) is 0 Å². The van der Waals surface area contributed by atoms with Crippen LogP contribution in [0.5, 0.6) is 5.75 Å². The van der Waals surface area contributed by atoms with E-state index in [1.807, 2.05) is 24.3 Å². The van der Waals surface area contributed by atoms with Gasteiger partial charge in [-0.3, -0.25) is 0 Å². The van der Waals surface area contributed by atoms with Crippen LogP contribution in [0.2, 0.25) is 0 Å². The lowest BCUT2D eigenvalue weighted by atomic mass is 9.96. The van der Waals surface area contributed by atoms with Gasteiger partial charge in [-0.1, -0.05) is 74.4 Å². The zero-order valence-electron chi connectivity index (χ0n) is 24.3. The Labute approximate surface area is 256 Å². The summed E-state index contributed by atoms with van der Waals surface area (Å²) in [5.41, 5.74) is 1.52. The van der Waals surface area contributed by atoms with Gasteiger partial charge in [-0.25, -0.2) is 22.0 Å². The zero-order valence-corrected chi connectivity index (χ0v) is 24.3. The number of ether oxygens (including phenoxy) is 1. The third kappa shape index (κ3) is 7.22. The van der Waals surface area contributed by atoms with E-state index in [2.05, 4.69) is 11.7 Å². The van der Waals surface area contributed by atoms with Gasteiger partial charge >= 0.3 is 6.11 Å². The van der Waals surface area contributed by atoms with E-state index in [-0.39, 0.29) is 27.8 Å². The lowest BCUT2D eigenvalue weighted by Crippen LogP contribution is -2.23. The molecule has 232 valence electrons. The third-order valence-corrected chi connectivity index (χ3v) is 7.61. The molecule has 0 saturated carbocycles. The van der Waals surface area contributed by atoms with Crippen LogP contribution in [0, 0.1) is 23.3 Å². The summed E-state index contributed by atoms with van der Waals surface area (Å²) in [6.07, 6.45) is 0.198. The number of aryl methyl sites for hydroxylation is 1. The maximum atomic E-state index is 15.2. The summed E-state index contributed by atoms with van der Waals surface area (Å²) < 4.78 is 106. The fraction of sp³-hybridized carbons (Fsp3) is 0.189. The minimum absolute atomic E-state index is 0.0385. The molecule has 0 aromatic heterocycles. The van der Waals surface area contributed by atoms with Crippen molar-refractivity contribution >= 4 is 0 Å². The van der Waals surface area contributed by atoms with Gasteiger partial charge in [0.15, 0.2) is 0 Å². The molecule has 5 aromatic rings. The molecular formula is C37H29F7O. The number of halogens is 7. The van der Waals surface area contributed by atoms with Crippen LogP contribution in [0.1, 0.15) is 42.9 Å². The molecule has 1 nitrogen and oxygen atoms in total. The molecule has 0 N–H and O–H groups in total. The zero-order chi connectivity index (χ0) is 32.1. The van der Waals surface area contributed by atoms with Gasteiger partial charge in [-0.05, 0) is 77.1 Å². The van der Waals surface area contributed by atoms with Crippen LogP contribution in [0.4, 0.5) is 30.7 Å². The van der Waals surface area contributed by atoms with E-state index in [0.29, 0.717) is 11.6 Å². The molecule has 0 aliphatic rings. The molecule has 5 rings (SSSR count). The monoisotopic (exact) mass is 622 g/mol. The number of hydrogen-bond acceptors (Lipinski definition) is 1. The lowest BCUT2D eigenvalue weighted by Gasteiger charge is -2.19. The first-order valence-corrected chi connectivity index (χ1v) is 14.5. The van der Waals surface area contributed by atoms with Crippen LogP contribution in [0.25, 0.3) is 33.4 Å². The number of benzene rings is 5. The highest BCUT2D eigenvalue weighted by molar-refractivity contribution is 5.74. The van der Waals surface area contributed by atoms with E-state index >= 15 is 8.78 Å². The fourth-order valence-corrected chi connectivity index (χ4v) is 5.11. The summed E-state index contributed by atoms with van der Waals surface area (Å²) in [7, 11) is 0. The van der Waals surface area contributed by atoms with Crippen molar-refractivity contribution in [3.05, 3.63) is 137 Å². The number of alkyl halides is 3. The van der Waals surface area contributed by atoms with Crippen molar-refractivity contribution in [2.45, 2.75) is 45.4 Å².